The van der Waals surface area contributed by atoms with Gasteiger partial charge in [0, 0.05) is 55.4 Å². The summed E-state index contributed by atoms with van der Waals surface area (Å²) >= 11 is 0. The lowest BCUT2D eigenvalue weighted by atomic mass is 10.0. The monoisotopic (exact) mass is 533 g/mol. The fraction of sp³-hybridized carbons (Fsp3) is 0.345. The van der Waals surface area contributed by atoms with Crippen LogP contribution in [0.3, 0.4) is 0 Å². The molecule has 2 aromatic carbocycles. The standard InChI is InChI=1S/C29H31N3O7/c1-29(2,3)39-28(36)32-11-9-31(10-12-32)16-21-23(33)8-7-20-25(34)24(38-26(20)21)14-18-15-30-22-13-17(27(35)37-4)5-6-19(18)22/h5-8,13-15,30,33H,9-12,16H2,1-4H3. The number of aromatic hydroxyl groups is 1. The number of methoxy groups -OCH3 is 1. The van der Waals surface area contributed by atoms with Crippen LogP contribution in [0.4, 0.5) is 4.79 Å². The number of benzene rings is 2. The minimum atomic E-state index is -0.557. The number of ether oxygens (including phenoxy) is 3. The van der Waals surface area contributed by atoms with Crippen LogP contribution in [0.1, 0.15) is 52.6 Å². The number of fused-ring (bicyclic) bond motifs is 2. The zero-order valence-corrected chi connectivity index (χ0v) is 22.4. The van der Waals surface area contributed by atoms with Gasteiger partial charge in [-0.15, -0.1) is 0 Å². The van der Waals surface area contributed by atoms with E-state index in [1.807, 2.05) is 20.8 Å². The third-order valence-electron chi connectivity index (χ3n) is 6.74. The molecule has 204 valence electrons. The van der Waals surface area contributed by atoms with Gasteiger partial charge in [0.05, 0.1) is 23.8 Å². The molecule has 10 heteroatoms. The molecule has 3 aromatic rings. The molecular formula is C29H31N3O7. The lowest BCUT2D eigenvalue weighted by molar-refractivity contribution is 0.0137. The Morgan fingerprint density at radius 1 is 1.13 bits per heavy atom. The molecule has 10 nitrogen and oxygen atoms in total. The normalized spacial score (nSPS) is 16.9. The van der Waals surface area contributed by atoms with Gasteiger partial charge in [0.15, 0.2) is 5.76 Å². The number of amides is 1. The maximum Gasteiger partial charge on any atom is 0.410 e. The van der Waals surface area contributed by atoms with Gasteiger partial charge in [-0.2, -0.15) is 0 Å². The van der Waals surface area contributed by atoms with Crippen molar-refractivity contribution in [1.82, 2.24) is 14.8 Å². The van der Waals surface area contributed by atoms with Crippen LogP contribution in [0, 0.1) is 0 Å². The zero-order valence-electron chi connectivity index (χ0n) is 22.4. The van der Waals surface area contributed by atoms with Crippen LogP contribution in [0.5, 0.6) is 11.5 Å². The van der Waals surface area contributed by atoms with Crippen molar-refractivity contribution in [2.75, 3.05) is 33.3 Å². The summed E-state index contributed by atoms with van der Waals surface area (Å²) in [6.07, 6.45) is 3.05. The molecule has 2 aliphatic rings. The lowest BCUT2D eigenvalue weighted by Gasteiger charge is -2.35. The Morgan fingerprint density at radius 3 is 2.56 bits per heavy atom. The Kier molecular flexibility index (Phi) is 6.82. The second-order valence-corrected chi connectivity index (χ2v) is 10.6. The maximum atomic E-state index is 13.2. The van der Waals surface area contributed by atoms with Crippen LogP contribution in [0.15, 0.2) is 42.3 Å². The van der Waals surface area contributed by atoms with Crippen LogP contribution >= 0.6 is 0 Å². The summed E-state index contributed by atoms with van der Waals surface area (Å²) < 4.78 is 16.3. The van der Waals surface area contributed by atoms with E-state index in [-0.39, 0.29) is 23.4 Å². The number of Topliss-reactive ketones (excluding diaryl/α,β-unsaturated/α-hetero) is 1. The number of rotatable bonds is 4. The second kappa shape index (κ2) is 10.1. The number of aromatic amines is 1. The van der Waals surface area contributed by atoms with E-state index >= 15 is 0 Å². The first-order chi connectivity index (χ1) is 18.5. The molecule has 0 aliphatic carbocycles. The molecule has 3 heterocycles. The third kappa shape index (κ3) is 5.33. The number of H-pyrrole nitrogens is 1. The number of allylic oxidation sites excluding steroid dienone is 1. The van der Waals surface area contributed by atoms with Crippen molar-refractivity contribution in [3.63, 3.8) is 0 Å². The number of phenolic OH excluding ortho intramolecular Hbond substituents is 1. The number of hydrogen-bond acceptors (Lipinski definition) is 8. The number of aromatic nitrogens is 1. The smallest absolute Gasteiger partial charge is 0.410 e. The van der Waals surface area contributed by atoms with E-state index in [2.05, 4.69) is 9.88 Å². The van der Waals surface area contributed by atoms with Crippen molar-refractivity contribution in [2.24, 2.45) is 0 Å². The fourth-order valence-corrected chi connectivity index (χ4v) is 4.74. The van der Waals surface area contributed by atoms with Crippen LogP contribution in [-0.4, -0.2) is 76.6 Å². The molecule has 2 N–H and O–H groups in total. The van der Waals surface area contributed by atoms with Gasteiger partial charge in [0.2, 0.25) is 5.78 Å². The highest BCUT2D eigenvalue weighted by Gasteiger charge is 2.33. The van der Waals surface area contributed by atoms with E-state index in [1.165, 1.54) is 13.2 Å². The van der Waals surface area contributed by atoms with E-state index in [0.29, 0.717) is 55.2 Å². The topological polar surface area (TPSA) is 121 Å². The van der Waals surface area contributed by atoms with Crippen molar-refractivity contribution < 1.29 is 33.7 Å². The first kappa shape index (κ1) is 26.3. The quantitative estimate of drug-likeness (QED) is 0.376. The molecule has 0 atom stereocenters. The number of carbonyl (C=O) groups excluding carboxylic acids is 3. The highest BCUT2D eigenvalue weighted by atomic mass is 16.6. The largest absolute Gasteiger partial charge is 0.507 e. The molecule has 0 unspecified atom stereocenters. The molecule has 0 radical (unpaired) electrons. The van der Waals surface area contributed by atoms with Gasteiger partial charge in [0.1, 0.15) is 17.1 Å². The summed E-state index contributed by atoms with van der Waals surface area (Å²) in [5.74, 6) is -0.186. The molecule has 1 aromatic heterocycles. The molecule has 0 spiro atoms. The third-order valence-corrected chi connectivity index (χ3v) is 6.74. The van der Waals surface area contributed by atoms with E-state index in [0.717, 1.165) is 16.5 Å². The van der Waals surface area contributed by atoms with Crippen molar-refractivity contribution in [3.8, 4) is 11.5 Å². The highest BCUT2D eigenvalue weighted by molar-refractivity contribution is 6.15. The first-order valence-electron chi connectivity index (χ1n) is 12.7. The van der Waals surface area contributed by atoms with Gasteiger partial charge in [-0.05, 0) is 51.1 Å². The van der Waals surface area contributed by atoms with E-state index in [9.17, 15) is 19.5 Å². The Hall–Kier alpha value is -4.31. The number of hydrogen-bond donors (Lipinski definition) is 2. The molecule has 1 amide bonds. The van der Waals surface area contributed by atoms with Crippen LogP contribution in [0.25, 0.3) is 17.0 Å². The van der Waals surface area contributed by atoms with Gasteiger partial charge in [-0.25, -0.2) is 9.59 Å². The second-order valence-electron chi connectivity index (χ2n) is 10.6. The first-order valence-corrected chi connectivity index (χ1v) is 12.7. The molecule has 1 fully saturated rings. The molecule has 0 saturated carbocycles. The zero-order chi connectivity index (χ0) is 27.9. The summed E-state index contributed by atoms with van der Waals surface area (Å²) in [5, 5.41) is 11.5. The number of nitrogens with one attached hydrogen (secondary N) is 1. The van der Waals surface area contributed by atoms with Gasteiger partial charge >= 0.3 is 12.1 Å². The average molecular weight is 534 g/mol. The van der Waals surface area contributed by atoms with E-state index in [4.69, 9.17) is 14.2 Å². The van der Waals surface area contributed by atoms with E-state index in [1.54, 1.807) is 41.4 Å². The molecule has 2 aliphatic heterocycles. The summed E-state index contributed by atoms with van der Waals surface area (Å²) in [5.41, 5.74) is 2.21. The molecule has 39 heavy (non-hydrogen) atoms. The average Bonchev–Trinajstić information content (AvgIpc) is 3.45. The van der Waals surface area contributed by atoms with Gasteiger partial charge < -0.3 is 29.2 Å². The van der Waals surface area contributed by atoms with Crippen LogP contribution in [0.2, 0.25) is 0 Å². The minimum absolute atomic E-state index is 0.0415. The predicted molar refractivity (Wildman–Crippen MR) is 144 cm³/mol. The number of ketones is 1. The number of nitrogens with zero attached hydrogens (tertiary/aromatic N) is 2. The lowest BCUT2D eigenvalue weighted by Crippen LogP contribution is -2.49. The Bertz CT molecular complexity index is 1490. The Labute approximate surface area is 225 Å². The molecule has 1 saturated heterocycles. The van der Waals surface area contributed by atoms with Crippen LogP contribution in [-0.2, 0) is 16.0 Å². The molecule has 5 rings (SSSR count). The summed E-state index contributed by atoms with van der Waals surface area (Å²) in [4.78, 5) is 44.3. The summed E-state index contributed by atoms with van der Waals surface area (Å²) in [6, 6.07) is 8.21. The predicted octanol–water partition coefficient (Wildman–Crippen LogP) is 4.33. The minimum Gasteiger partial charge on any atom is -0.507 e. The number of esters is 1. The summed E-state index contributed by atoms with van der Waals surface area (Å²) in [7, 11) is 1.33. The number of piperazine rings is 1. The van der Waals surface area contributed by atoms with Crippen molar-refractivity contribution in [3.05, 3.63) is 64.5 Å². The Morgan fingerprint density at radius 2 is 1.87 bits per heavy atom. The molecule has 0 bridgehead atoms. The number of carbonyl (C=O) groups is 3. The van der Waals surface area contributed by atoms with Gasteiger partial charge in [-0.1, -0.05) is 6.07 Å². The fourth-order valence-electron chi connectivity index (χ4n) is 4.74. The highest BCUT2D eigenvalue weighted by Crippen LogP contribution is 2.40. The van der Waals surface area contributed by atoms with Crippen LogP contribution < -0.4 is 4.74 Å². The number of phenols is 1. The summed E-state index contributed by atoms with van der Waals surface area (Å²) in [6.45, 7) is 8.03. The van der Waals surface area contributed by atoms with Crippen molar-refractivity contribution >= 4 is 34.8 Å². The van der Waals surface area contributed by atoms with Crippen molar-refractivity contribution in [2.45, 2.75) is 32.9 Å². The van der Waals surface area contributed by atoms with Gasteiger partial charge in [0.25, 0.3) is 0 Å². The maximum absolute atomic E-state index is 13.2. The van der Waals surface area contributed by atoms with Gasteiger partial charge in [-0.3, -0.25) is 9.69 Å². The van der Waals surface area contributed by atoms with Crippen molar-refractivity contribution in [1.29, 1.82) is 0 Å². The SMILES string of the molecule is COC(=O)c1ccc2c(C=C3Oc4c(ccc(O)c4CN4CCN(C(=O)OC(C)(C)C)CC4)C3=O)c[nH]c2c1. The Balaban J connectivity index is 1.33. The molecular weight excluding hydrogens is 502 g/mol. The van der Waals surface area contributed by atoms with E-state index < -0.39 is 11.6 Å².